The van der Waals surface area contributed by atoms with Gasteiger partial charge in [0.25, 0.3) is 5.91 Å². The summed E-state index contributed by atoms with van der Waals surface area (Å²) in [4.78, 5) is 21.8. The quantitative estimate of drug-likeness (QED) is 0.607. The number of ether oxygens (including phenoxy) is 1. The average molecular weight is 184 g/mol. The molecular formula is C8H12N2O3. The molecule has 0 aliphatic carbocycles. The summed E-state index contributed by atoms with van der Waals surface area (Å²) in [6, 6.07) is -0.669. The number of rotatable bonds is 3. The standard InChI is InChI=1S/C8H12N2O3/c1-5(7(9)11)10-8(12)6-3-2-4-13-6/h3,5H,2,4H2,1H3,(H2,9,11)(H,10,12)/t5-/m0/s1. The molecule has 0 aromatic rings. The van der Waals surface area contributed by atoms with Crippen molar-refractivity contribution in [1.29, 1.82) is 0 Å². The smallest absolute Gasteiger partial charge is 0.286 e. The Balaban J connectivity index is 2.45. The van der Waals surface area contributed by atoms with Gasteiger partial charge in [-0.3, -0.25) is 9.59 Å². The number of carbonyl (C=O) groups is 2. The fourth-order valence-electron chi connectivity index (χ4n) is 0.915. The highest BCUT2D eigenvalue weighted by atomic mass is 16.5. The van der Waals surface area contributed by atoms with Gasteiger partial charge >= 0.3 is 0 Å². The van der Waals surface area contributed by atoms with E-state index in [1.165, 1.54) is 6.92 Å². The van der Waals surface area contributed by atoms with E-state index in [0.717, 1.165) is 6.42 Å². The first-order chi connectivity index (χ1) is 6.11. The van der Waals surface area contributed by atoms with Gasteiger partial charge in [-0.2, -0.15) is 0 Å². The van der Waals surface area contributed by atoms with Gasteiger partial charge in [0.05, 0.1) is 6.61 Å². The summed E-state index contributed by atoms with van der Waals surface area (Å²) in [5, 5.41) is 2.41. The molecule has 0 aromatic carbocycles. The van der Waals surface area contributed by atoms with Crippen LogP contribution >= 0.6 is 0 Å². The van der Waals surface area contributed by atoms with E-state index in [2.05, 4.69) is 5.32 Å². The summed E-state index contributed by atoms with van der Waals surface area (Å²) in [5.41, 5.74) is 4.97. The zero-order valence-corrected chi connectivity index (χ0v) is 7.37. The Morgan fingerprint density at radius 1 is 1.69 bits per heavy atom. The summed E-state index contributed by atoms with van der Waals surface area (Å²) in [6.45, 7) is 2.05. The highest BCUT2D eigenvalue weighted by Crippen LogP contribution is 2.08. The number of nitrogens with one attached hydrogen (secondary N) is 1. The number of hydrogen-bond donors (Lipinski definition) is 2. The maximum Gasteiger partial charge on any atom is 0.286 e. The van der Waals surface area contributed by atoms with E-state index in [0.29, 0.717) is 6.61 Å². The van der Waals surface area contributed by atoms with Gasteiger partial charge in [0, 0.05) is 6.42 Å². The van der Waals surface area contributed by atoms with Crippen molar-refractivity contribution in [2.24, 2.45) is 5.73 Å². The predicted octanol–water partition coefficient (Wildman–Crippen LogP) is -0.719. The fourth-order valence-corrected chi connectivity index (χ4v) is 0.915. The van der Waals surface area contributed by atoms with Crippen LogP contribution in [0.1, 0.15) is 13.3 Å². The van der Waals surface area contributed by atoms with Gasteiger partial charge < -0.3 is 15.8 Å². The molecule has 1 atom stereocenters. The molecule has 1 heterocycles. The van der Waals surface area contributed by atoms with Gasteiger partial charge in [0.2, 0.25) is 5.91 Å². The summed E-state index contributed by atoms with van der Waals surface area (Å²) in [6.07, 6.45) is 2.41. The Hall–Kier alpha value is -1.52. The van der Waals surface area contributed by atoms with Crippen molar-refractivity contribution in [1.82, 2.24) is 5.32 Å². The second-order valence-corrected chi connectivity index (χ2v) is 2.80. The lowest BCUT2D eigenvalue weighted by Gasteiger charge is -2.10. The highest BCUT2D eigenvalue weighted by Gasteiger charge is 2.18. The van der Waals surface area contributed by atoms with Crippen molar-refractivity contribution in [2.75, 3.05) is 6.61 Å². The molecular weight excluding hydrogens is 172 g/mol. The van der Waals surface area contributed by atoms with Crippen molar-refractivity contribution in [3.63, 3.8) is 0 Å². The lowest BCUT2D eigenvalue weighted by atomic mass is 10.3. The summed E-state index contributed by atoms with van der Waals surface area (Å²) < 4.78 is 4.99. The van der Waals surface area contributed by atoms with Crippen molar-refractivity contribution in [3.05, 3.63) is 11.8 Å². The summed E-state index contributed by atoms with van der Waals surface area (Å²) in [7, 11) is 0. The predicted molar refractivity (Wildman–Crippen MR) is 45.5 cm³/mol. The minimum Gasteiger partial charge on any atom is -0.488 e. The average Bonchev–Trinajstić information content (AvgIpc) is 2.55. The zero-order valence-electron chi connectivity index (χ0n) is 7.37. The second kappa shape index (κ2) is 3.93. The van der Waals surface area contributed by atoms with Crippen molar-refractivity contribution >= 4 is 11.8 Å². The van der Waals surface area contributed by atoms with Crippen LogP contribution in [0.3, 0.4) is 0 Å². The molecule has 0 saturated carbocycles. The van der Waals surface area contributed by atoms with Crippen LogP contribution in [0.5, 0.6) is 0 Å². The third kappa shape index (κ3) is 2.47. The minimum atomic E-state index is -0.669. The van der Waals surface area contributed by atoms with Gasteiger partial charge in [-0.15, -0.1) is 0 Å². The monoisotopic (exact) mass is 184 g/mol. The van der Waals surface area contributed by atoms with E-state index >= 15 is 0 Å². The Bertz CT molecular complexity index is 260. The zero-order chi connectivity index (χ0) is 9.84. The normalized spacial score (nSPS) is 17.2. The van der Waals surface area contributed by atoms with E-state index in [9.17, 15) is 9.59 Å². The van der Waals surface area contributed by atoms with Crippen molar-refractivity contribution in [2.45, 2.75) is 19.4 Å². The van der Waals surface area contributed by atoms with E-state index in [1.807, 2.05) is 0 Å². The fraction of sp³-hybridized carbons (Fsp3) is 0.500. The topological polar surface area (TPSA) is 81.4 Å². The first kappa shape index (κ1) is 9.57. The van der Waals surface area contributed by atoms with Crippen LogP contribution in [0.2, 0.25) is 0 Å². The molecule has 13 heavy (non-hydrogen) atoms. The number of carbonyl (C=O) groups excluding carboxylic acids is 2. The molecule has 0 fully saturated rings. The Morgan fingerprint density at radius 3 is 2.85 bits per heavy atom. The molecule has 0 spiro atoms. The van der Waals surface area contributed by atoms with Crippen molar-refractivity contribution in [3.8, 4) is 0 Å². The van der Waals surface area contributed by atoms with E-state index in [-0.39, 0.29) is 11.7 Å². The number of primary amides is 1. The Kier molecular flexibility index (Phi) is 2.89. The molecule has 0 bridgehead atoms. The number of amides is 2. The maximum atomic E-state index is 11.2. The van der Waals surface area contributed by atoms with Gasteiger partial charge in [-0.05, 0) is 13.0 Å². The van der Waals surface area contributed by atoms with Crippen LogP contribution in [0.25, 0.3) is 0 Å². The molecule has 1 rings (SSSR count). The van der Waals surface area contributed by atoms with E-state index in [4.69, 9.17) is 10.5 Å². The molecule has 1 aliphatic rings. The molecule has 0 saturated heterocycles. The summed E-state index contributed by atoms with van der Waals surface area (Å²) >= 11 is 0. The van der Waals surface area contributed by atoms with Gasteiger partial charge in [0.1, 0.15) is 6.04 Å². The highest BCUT2D eigenvalue weighted by molar-refractivity contribution is 5.95. The van der Waals surface area contributed by atoms with Crippen LogP contribution in [0.4, 0.5) is 0 Å². The SMILES string of the molecule is C[C@H](NC(=O)C1=CCCO1)C(N)=O. The largest absolute Gasteiger partial charge is 0.488 e. The molecule has 0 unspecified atom stereocenters. The molecule has 3 N–H and O–H groups in total. The first-order valence-electron chi connectivity index (χ1n) is 4.04. The first-order valence-corrected chi connectivity index (χ1v) is 4.04. The van der Waals surface area contributed by atoms with E-state index < -0.39 is 11.9 Å². The molecule has 2 amide bonds. The third-order valence-electron chi connectivity index (χ3n) is 1.70. The third-order valence-corrected chi connectivity index (χ3v) is 1.70. The van der Waals surface area contributed by atoms with Crippen molar-refractivity contribution < 1.29 is 14.3 Å². The molecule has 1 aliphatic heterocycles. The van der Waals surface area contributed by atoms with Crippen LogP contribution in [-0.4, -0.2) is 24.5 Å². The molecule has 0 aromatic heterocycles. The molecule has 0 radical (unpaired) electrons. The van der Waals surface area contributed by atoms with Gasteiger partial charge in [0.15, 0.2) is 5.76 Å². The summed E-state index contributed by atoms with van der Waals surface area (Å²) in [5.74, 6) is -0.677. The molecule has 5 heteroatoms. The molecule has 72 valence electrons. The second-order valence-electron chi connectivity index (χ2n) is 2.80. The maximum absolute atomic E-state index is 11.2. The number of hydrogen-bond acceptors (Lipinski definition) is 3. The minimum absolute atomic E-state index is 0.271. The molecule has 5 nitrogen and oxygen atoms in total. The van der Waals surface area contributed by atoms with Gasteiger partial charge in [-0.1, -0.05) is 0 Å². The van der Waals surface area contributed by atoms with Crippen LogP contribution < -0.4 is 11.1 Å². The van der Waals surface area contributed by atoms with Crippen LogP contribution in [-0.2, 0) is 14.3 Å². The van der Waals surface area contributed by atoms with Crippen LogP contribution in [0, 0.1) is 0 Å². The Labute approximate surface area is 75.9 Å². The Morgan fingerprint density at radius 2 is 2.38 bits per heavy atom. The lowest BCUT2D eigenvalue weighted by Crippen LogP contribution is -2.42. The lowest BCUT2D eigenvalue weighted by molar-refractivity contribution is -0.126. The van der Waals surface area contributed by atoms with E-state index in [1.54, 1.807) is 6.08 Å². The van der Waals surface area contributed by atoms with Gasteiger partial charge in [-0.25, -0.2) is 0 Å². The number of nitrogens with two attached hydrogens (primary N) is 1. The van der Waals surface area contributed by atoms with Crippen LogP contribution in [0.15, 0.2) is 11.8 Å².